The molecule has 0 bridgehead atoms. The zero-order chi connectivity index (χ0) is 17.5. The van der Waals surface area contributed by atoms with Gasteiger partial charge in [0.05, 0.1) is 10.6 Å². The summed E-state index contributed by atoms with van der Waals surface area (Å²) in [5, 5.41) is 5.89. The highest BCUT2D eigenvalue weighted by Gasteiger charge is 2.12. The largest absolute Gasteiger partial charge is 0.385 e. The minimum atomic E-state index is -0.638. The number of anilines is 3. The first-order valence-electron chi connectivity index (χ1n) is 7.13. The summed E-state index contributed by atoms with van der Waals surface area (Å²) in [7, 11) is 1.61. The van der Waals surface area contributed by atoms with Gasteiger partial charge in [-0.05, 0) is 24.6 Å². The molecule has 0 radical (unpaired) electrons. The van der Waals surface area contributed by atoms with Gasteiger partial charge in [-0.3, -0.25) is 4.79 Å². The first-order valence-corrected chi connectivity index (χ1v) is 7.50. The highest BCUT2D eigenvalue weighted by molar-refractivity contribution is 6.31. The van der Waals surface area contributed by atoms with Crippen molar-refractivity contribution in [3.8, 4) is 0 Å². The van der Waals surface area contributed by atoms with Gasteiger partial charge in [0.15, 0.2) is 0 Å². The number of ether oxygens (including phenoxy) is 1. The van der Waals surface area contributed by atoms with Gasteiger partial charge >= 0.3 is 0 Å². The smallest absolute Gasteiger partial charge is 0.254 e. The van der Waals surface area contributed by atoms with Crippen LogP contribution in [0.4, 0.5) is 21.8 Å². The van der Waals surface area contributed by atoms with Gasteiger partial charge in [-0.15, -0.1) is 0 Å². The second-order valence-corrected chi connectivity index (χ2v) is 5.25. The number of carbonyl (C=O) groups excluding carboxylic acids is 1. The molecule has 0 saturated heterocycles. The minimum Gasteiger partial charge on any atom is -0.385 e. The minimum absolute atomic E-state index is 0.0216. The van der Waals surface area contributed by atoms with Crippen molar-refractivity contribution >= 4 is 35.0 Å². The van der Waals surface area contributed by atoms with Crippen LogP contribution in [0.3, 0.4) is 0 Å². The molecule has 0 aliphatic carbocycles. The SMILES string of the molecule is COCCCNc1nc(Nc2ccc(F)c(Cl)c2)ncc1C(N)=O. The normalized spacial score (nSPS) is 10.5. The number of nitrogens with zero attached hydrogens (tertiary/aromatic N) is 2. The van der Waals surface area contributed by atoms with E-state index in [9.17, 15) is 9.18 Å². The number of primary amides is 1. The van der Waals surface area contributed by atoms with Crippen LogP contribution in [-0.2, 0) is 4.74 Å². The van der Waals surface area contributed by atoms with Crippen LogP contribution in [0.2, 0.25) is 5.02 Å². The number of aromatic nitrogens is 2. The monoisotopic (exact) mass is 353 g/mol. The van der Waals surface area contributed by atoms with E-state index in [0.717, 1.165) is 6.42 Å². The predicted molar refractivity (Wildman–Crippen MR) is 90.2 cm³/mol. The fraction of sp³-hybridized carbons (Fsp3) is 0.267. The van der Waals surface area contributed by atoms with E-state index < -0.39 is 11.7 Å². The van der Waals surface area contributed by atoms with Crippen LogP contribution in [0.25, 0.3) is 0 Å². The molecule has 1 amide bonds. The van der Waals surface area contributed by atoms with Crippen molar-refractivity contribution in [2.75, 3.05) is 30.9 Å². The number of amides is 1. The summed E-state index contributed by atoms with van der Waals surface area (Å²) in [6, 6.07) is 4.14. The summed E-state index contributed by atoms with van der Waals surface area (Å²) in [6.45, 7) is 1.12. The zero-order valence-corrected chi connectivity index (χ0v) is 13.7. The molecule has 1 aromatic heterocycles. The van der Waals surface area contributed by atoms with Gasteiger partial charge in [-0.2, -0.15) is 4.98 Å². The topological polar surface area (TPSA) is 102 Å². The molecule has 0 fully saturated rings. The molecular weight excluding hydrogens is 337 g/mol. The van der Waals surface area contributed by atoms with E-state index in [0.29, 0.717) is 24.7 Å². The number of halogens is 2. The van der Waals surface area contributed by atoms with Crippen LogP contribution in [0.5, 0.6) is 0 Å². The maximum Gasteiger partial charge on any atom is 0.254 e. The van der Waals surface area contributed by atoms with Crippen LogP contribution in [0, 0.1) is 5.82 Å². The Morgan fingerprint density at radius 2 is 2.25 bits per heavy atom. The van der Waals surface area contributed by atoms with E-state index in [4.69, 9.17) is 22.1 Å². The molecule has 0 unspecified atom stereocenters. The van der Waals surface area contributed by atoms with Gasteiger partial charge in [0.1, 0.15) is 11.6 Å². The van der Waals surface area contributed by atoms with E-state index in [1.54, 1.807) is 7.11 Å². The Morgan fingerprint density at radius 3 is 2.92 bits per heavy atom. The molecule has 1 heterocycles. The third-order valence-corrected chi connectivity index (χ3v) is 3.34. The number of nitrogens with one attached hydrogen (secondary N) is 2. The molecular formula is C15H17ClFN5O2. The van der Waals surface area contributed by atoms with E-state index in [1.807, 2.05) is 0 Å². The third kappa shape index (κ3) is 4.77. The molecule has 128 valence electrons. The van der Waals surface area contributed by atoms with Crippen molar-refractivity contribution in [2.24, 2.45) is 5.73 Å². The number of benzene rings is 1. The van der Waals surface area contributed by atoms with Crippen LogP contribution >= 0.6 is 11.6 Å². The van der Waals surface area contributed by atoms with Crippen molar-refractivity contribution in [1.82, 2.24) is 9.97 Å². The molecule has 7 nitrogen and oxygen atoms in total. The Morgan fingerprint density at radius 1 is 1.46 bits per heavy atom. The van der Waals surface area contributed by atoms with Crippen molar-refractivity contribution in [2.45, 2.75) is 6.42 Å². The molecule has 9 heteroatoms. The summed E-state index contributed by atoms with van der Waals surface area (Å²) in [5.74, 6) is -0.630. The average Bonchev–Trinajstić information content (AvgIpc) is 2.55. The maximum atomic E-state index is 13.2. The Bertz CT molecular complexity index is 729. The molecule has 2 rings (SSSR count). The lowest BCUT2D eigenvalue weighted by Gasteiger charge is -2.11. The Hall–Kier alpha value is -2.45. The molecule has 4 N–H and O–H groups in total. The van der Waals surface area contributed by atoms with Gasteiger partial charge in [0.2, 0.25) is 5.95 Å². The molecule has 24 heavy (non-hydrogen) atoms. The van der Waals surface area contributed by atoms with E-state index in [1.165, 1.54) is 24.4 Å². The lowest BCUT2D eigenvalue weighted by molar-refractivity contribution is 0.100. The number of methoxy groups -OCH3 is 1. The molecule has 1 aromatic carbocycles. The van der Waals surface area contributed by atoms with Gasteiger partial charge in [-0.1, -0.05) is 11.6 Å². The molecule has 0 aliphatic heterocycles. The number of nitrogens with two attached hydrogens (primary N) is 1. The second-order valence-electron chi connectivity index (χ2n) is 4.85. The standard InChI is InChI=1S/C15H17ClFN5O2/c1-24-6-2-5-19-14-10(13(18)23)8-20-15(22-14)21-9-3-4-12(17)11(16)7-9/h3-4,7-8H,2,5-6H2,1H3,(H2,18,23)(H2,19,20,21,22). The van der Waals surface area contributed by atoms with E-state index in [-0.39, 0.29) is 16.5 Å². The van der Waals surface area contributed by atoms with Gasteiger partial charge < -0.3 is 21.1 Å². The fourth-order valence-corrected chi connectivity index (χ4v) is 2.06. The number of hydrogen-bond donors (Lipinski definition) is 3. The fourth-order valence-electron chi connectivity index (χ4n) is 1.88. The Labute approximate surface area is 143 Å². The summed E-state index contributed by atoms with van der Waals surface area (Å²) in [4.78, 5) is 19.7. The maximum absolute atomic E-state index is 13.2. The lowest BCUT2D eigenvalue weighted by atomic mass is 10.3. The van der Waals surface area contributed by atoms with Crippen LogP contribution < -0.4 is 16.4 Å². The number of hydrogen-bond acceptors (Lipinski definition) is 6. The first-order chi connectivity index (χ1) is 11.5. The zero-order valence-electron chi connectivity index (χ0n) is 13.0. The number of carbonyl (C=O) groups is 1. The Kier molecular flexibility index (Phi) is 6.28. The summed E-state index contributed by atoms with van der Waals surface area (Å²) < 4.78 is 18.1. The molecule has 0 aliphatic rings. The van der Waals surface area contributed by atoms with Gasteiger partial charge in [-0.25, -0.2) is 9.37 Å². The van der Waals surface area contributed by atoms with Crippen molar-refractivity contribution in [3.63, 3.8) is 0 Å². The third-order valence-electron chi connectivity index (χ3n) is 3.05. The van der Waals surface area contributed by atoms with E-state index >= 15 is 0 Å². The molecule has 0 atom stereocenters. The molecule has 0 saturated carbocycles. The second kappa shape index (κ2) is 8.42. The summed E-state index contributed by atoms with van der Waals surface area (Å²) in [5.41, 5.74) is 6.01. The quantitative estimate of drug-likeness (QED) is 0.630. The van der Waals surface area contributed by atoms with Gasteiger partial charge in [0, 0.05) is 32.1 Å². The van der Waals surface area contributed by atoms with Crippen molar-refractivity contribution < 1.29 is 13.9 Å². The van der Waals surface area contributed by atoms with Crippen molar-refractivity contribution in [3.05, 3.63) is 40.8 Å². The van der Waals surface area contributed by atoms with Crippen LogP contribution in [-0.4, -0.2) is 36.1 Å². The van der Waals surface area contributed by atoms with Gasteiger partial charge in [0.25, 0.3) is 5.91 Å². The summed E-state index contributed by atoms with van der Waals surface area (Å²) in [6.07, 6.45) is 2.05. The first kappa shape index (κ1) is 17.9. The highest BCUT2D eigenvalue weighted by atomic mass is 35.5. The molecule has 0 spiro atoms. The average molecular weight is 354 g/mol. The number of rotatable bonds is 8. The van der Waals surface area contributed by atoms with Crippen molar-refractivity contribution in [1.29, 1.82) is 0 Å². The Balaban J connectivity index is 2.17. The predicted octanol–water partition coefficient (Wildman–Crippen LogP) is 2.56. The van der Waals surface area contributed by atoms with Crippen LogP contribution in [0.1, 0.15) is 16.8 Å². The molecule has 2 aromatic rings. The lowest BCUT2D eigenvalue weighted by Crippen LogP contribution is -2.17. The van der Waals surface area contributed by atoms with E-state index in [2.05, 4.69) is 20.6 Å². The highest BCUT2D eigenvalue weighted by Crippen LogP contribution is 2.22. The summed E-state index contributed by atoms with van der Waals surface area (Å²) >= 11 is 5.74. The van der Waals surface area contributed by atoms with Crippen LogP contribution in [0.15, 0.2) is 24.4 Å².